The molecule has 1 aliphatic rings. The maximum Gasteiger partial charge on any atom is 0.342 e. The van der Waals surface area contributed by atoms with E-state index in [9.17, 15) is 9.59 Å². The fraction of sp³-hybridized carbons (Fsp3) is 0.364. The highest BCUT2D eigenvalue weighted by Crippen LogP contribution is 2.45. The van der Waals surface area contributed by atoms with Gasteiger partial charge in [-0.25, -0.2) is 10.3 Å². The van der Waals surface area contributed by atoms with Crippen molar-refractivity contribution < 1.29 is 19.2 Å². The third-order valence-corrected chi connectivity index (χ3v) is 5.49. The van der Waals surface area contributed by atoms with Crippen LogP contribution >= 0.6 is 0 Å². The first kappa shape index (κ1) is 19.9. The largest absolute Gasteiger partial charge is 0.496 e. The van der Waals surface area contributed by atoms with Crippen LogP contribution in [-0.2, 0) is 16.8 Å². The molecule has 0 saturated carbocycles. The Hall–Kier alpha value is -2.86. The van der Waals surface area contributed by atoms with Crippen LogP contribution in [0.3, 0.4) is 0 Å². The Kier molecular flexibility index (Phi) is 5.42. The summed E-state index contributed by atoms with van der Waals surface area (Å²) in [4.78, 5) is 32.5. The molecule has 28 heavy (non-hydrogen) atoms. The Morgan fingerprint density at radius 2 is 1.89 bits per heavy atom. The average Bonchev–Trinajstić information content (AvgIpc) is 3.00. The molecular formula is C22H26N2O4. The van der Waals surface area contributed by atoms with Crippen molar-refractivity contribution in [2.24, 2.45) is 0 Å². The first-order valence-electron chi connectivity index (χ1n) is 9.24. The van der Waals surface area contributed by atoms with Gasteiger partial charge in [0.25, 0.3) is 0 Å². The molecule has 0 aliphatic heterocycles. The van der Waals surface area contributed by atoms with Crippen LogP contribution in [0.15, 0.2) is 42.5 Å². The van der Waals surface area contributed by atoms with E-state index in [1.807, 2.05) is 36.4 Å². The first-order chi connectivity index (χ1) is 13.4. The molecule has 6 heteroatoms. The molecule has 1 unspecified atom stereocenters. The van der Waals surface area contributed by atoms with Crippen molar-refractivity contribution in [1.82, 2.24) is 10.4 Å². The van der Waals surface area contributed by atoms with E-state index in [4.69, 9.17) is 9.57 Å². The number of carbonyl (C=O) groups is 2. The second-order valence-electron chi connectivity index (χ2n) is 7.31. The summed E-state index contributed by atoms with van der Waals surface area (Å²) in [6, 6.07) is 12.8. The predicted molar refractivity (Wildman–Crippen MR) is 107 cm³/mol. The number of hydroxylamine groups is 1. The number of ether oxygens (including phenoxy) is 1. The number of fused-ring (bicyclic) bond motifs is 1. The van der Waals surface area contributed by atoms with E-state index in [-0.39, 0.29) is 5.78 Å². The predicted octanol–water partition coefficient (Wildman–Crippen LogP) is 3.66. The number of carbonyl (C=O) groups excluding carboxylic acids is 2. The van der Waals surface area contributed by atoms with Gasteiger partial charge in [-0.05, 0) is 23.1 Å². The van der Waals surface area contributed by atoms with Crippen molar-refractivity contribution in [3.8, 4) is 5.75 Å². The lowest BCUT2D eigenvalue weighted by atomic mass is 9.82. The van der Waals surface area contributed by atoms with Gasteiger partial charge < -0.3 is 9.64 Å². The molecule has 6 nitrogen and oxygen atoms in total. The smallest absolute Gasteiger partial charge is 0.342 e. The van der Waals surface area contributed by atoms with Crippen molar-refractivity contribution in [2.45, 2.75) is 31.7 Å². The van der Waals surface area contributed by atoms with Crippen molar-refractivity contribution >= 4 is 11.8 Å². The highest BCUT2D eigenvalue weighted by atomic mass is 16.6. The summed E-state index contributed by atoms with van der Waals surface area (Å²) in [7, 11) is 4.55. The van der Waals surface area contributed by atoms with Gasteiger partial charge in [0.1, 0.15) is 11.3 Å². The number of hydrogen-bond donors (Lipinski definition) is 1. The molecule has 2 aromatic rings. The molecule has 0 saturated heterocycles. The minimum absolute atomic E-state index is 0.132. The summed E-state index contributed by atoms with van der Waals surface area (Å²) in [6.45, 7) is 4.19. The van der Waals surface area contributed by atoms with Gasteiger partial charge in [0.15, 0.2) is 5.78 Å². The molecule has 2 aromatic carbocycles. The number of Topliss-reactive ketones (excluding diaryl/α,β-unsaturated/α-hetero) is 1. The van der Waals surface area contributed by atoms with Gasteiger partial charge in [-0.3, -0.25) is 9.63 Å². The van der Waals surface area contributed by atoms with Crippen molar-refractivity contribution in [3.05, 3.63) is 64.7 Å². The molecule has 0 heterocycles. The van der Waals surface area contributed by atoms with E-state index in [2.05, 4.69) is 19.3 Å². The van der Waals surface area contributed by atoms with Gasteiger partial charge in [-0.2, -0.15) is 0 Å². The van der Waals surface area contributed by atoms with E-state index in [1.54, 1.807) is 20.2 Å². The quantitative estimate of drug-likeness (QED) is 0.802. The number of ketones is 1. The number of nitrogens with zero attached hydrogens (tertiary/aromatic N) is 1. The average molecular weight is 382 g/mol. The van der Waals surface area contributed by atoms with Crippen LogP contribution in [0.4, 0.5) is 4.79 Å². The molecule has 0 fully saturated rings. The van der Waals surface area contributed by atoms with Crippen LogP contribution in [0, 0.1) is 0 Å². The zero-order chi connectivity index (χ0) is 20.5. The number of hydrogen-bond acceptors (Lipinski definition) is 4. The van der Waals surface area contributed by atoms with Gasteiger partial charge in [0.2, 0.25) is 0 Å². The van der Waals surface area contributed by atoms with Gasteiger partial charge >= 0.3 is 6.03 Å². The summed E-state index contributed by atoms with van der Waals surface area (Å²) in [5, 5.41) is 0. The zero-order valence-electron chi connectivity index (χ0n) is 16.9. The monoisotopic (exact) mass is 382 g/mol. The second-order valence-corrected chi connectivity index (χ2v) is 7.31. The Morgan fingerprint density at radius 1 is 1.18 bits per heavy atom. The Labute approximate surface area is 165 Å². The lowest BCUT2D eigenvalue weighted by Gasteiger charge is -2.38. The Balaban J connectivity index is 2.22. The minimum Gasteiger partial charge on any atom is -0.496 e. The number of nitrogens with one attached hydrogen (secondary N) is 1. The summed E-state index contributed by atoms with van der Waals surface area (Å²) < 4.78 is 5.67. The summed E-state index contributed by atoms with van der Waals surface area (Å²) in [5.74, 6) is 0.766. The summed E-state index contributed by atoms with van der Waals surface area (Å²) in [5.41, 5.74) is 4.39. The van der Waals surface area contributed by atoms with Crippen LogP contribution in [0.5, 0.6) is 5.75 Å². The molecule has 1 aliphatic carbocycles. The van der Waals surface area contributed by atoms with Gasteiger partial charge in [-0.1, -0.05) is 50.2 Å². The van der Waals surface area contributed by atoms with E-state index >= 15 is 0 Å². The minimum atomic E-state index is -1.22. The van der Waals surface area contributed by atoms with Crippen LogP contribution in [0.25, 0.3) is 0 Å². The lowest BCUT2D eigenvalue weighted by molar-refractivity contribution is 0.0531. The maximum atomic E-state index is 13.6. The topological polar surface area (TPSA) is 67.9 Å². The third-order valence-electron chi connectivity index (χ3n) is 5.49. The lowest BCUT2D eigenvalue weighted by Crippen LogP contribution is -2.54. The Morgan fingerprint density at radius 3 is 2.50 bits per heavy atom. The molecule has 0 bridgehead atoms. The summed E-state index contributed by atoms with van der Waals surface area (Å²) in [6.07, 6.45) is 0.368. The van der Waals surface area contributed by atoms with E-state index in [0.717, 1.165) is 11.1 Å². The normalized spacial score (nSPS) is 18.1. The van der Waals surface area contributed by atoms with Crippen LogP contribution < -0.4 is 10.2 Å². The van der Waals surface area contributed by atoms with Gasteiger partial charge in [0.05, 0.1) is 14.2 Å². The standard InChI is InChI=1S/C22H26N2O4/c1-14(2)15-10-11-18(19(12-15)27-4)22(24(3)21(26)23-28-5)13-16-8-6-7-9-17(16)20(22)25/h6-12,14H,13H2,1-5H3,(H,23,26). The van der Waals surface area contributed by atoms with Gasteiger partial charge in [-0.15, -0.1) is 0 Å². The SMILES string of the molecule is CONC(=O)N(C)C1(c2ccc(C(C)C)cc2OC)Cc2ccccc2C1=O. The number of amides is 2. The molecule has 0 radical (unpaired) electrons. The number of methoxy groups -OCH3 is 1. The van der Waals surface area contributed by atoms with Crippen LogP contribution in [0.2, 0.25) is 0 Å². The molecule has 3 rings (SSSR count). The molecule has 1 N–H and O–H groups in total. The molecule has 2 amide bonds. The highest BCUT2D eigenvalue weighted by molar-refractivity contribution is 6.10. The number of likely N-dealkylation sites (N-methyl/N-ethyl adjacent to an activating group) is 1. The van der Waals surface area contributed by atoms with Crippen molar-refractivity contribution in [3.63, 3.8) is 0 Å². The van der Waals surface area contributed by atoms with E-state index in [1.165, 1.54) is 12.0 Å². The number of urea groups is 1. The maximum absolute atomic E-state index is 13.6. The van der Waals surface area contributed by atoms with Gasteiger partial charge in [0, 0.05) is 24.6 Å². The fourth-order valence-electron chi connectivity index (χ4n) is 3.88. The van der Waals surface area contributed by atoms with Crippen molar-refractivity contribution in [2.75, 3.05) is 21.3 Å². The summed E-state index contributed by atoms with van der Waals surface area (Å²) >= 11 is 0. The second kappa shape index (κ2) is 7.64. The van der Waals surface area contributed by atoms with Crippen LogP contribution in [-0.4, -0.2) is 38.0 Å². The van der Waals surface area contributed by atoms with Crippen LogP contribution in [0.1, 0.15) is 46.8 Å². The molecule has 148 valence electrons. The van der Waals surface area contributed by atoms with Crippen molar-refractivity contribution in [1.29, 1.82) is 0 Å². The molecule has 0 spiro atoms. The van der Waals surface area contributed by atoms with E-state index < -0.39 is 11.6 Å². The highest BCUT2D eigenvalue weighted by Gasteiger charge is 2.53. The number of benzene rings is 2. The Bertz CT molecular complexity index is 909. The first-order valence-corrected chi connectivity index (χ1v) is 9.24. The third kappa shape index (κ3) is 3.03. The fourth-order valence-corrected chi connectivity index (χ4v) is 3.88. The van der Waals surface area contributed by atoms with E-state index in [0.29, 0.717) is 29.2 Å². The molecule has 1 atom stereocenters. The zero-order valence-corrected chi connectivity index (χ0v) is 16.9. The molecule has 0 aromatic heterocycles. The molecular weight excluding hydrogens is 356 g/mol. The number of rotatable bonds is 5.